The Labute approximate surface area is 256 Å². The van der Waals surface area contributed by atoms with Crippen molar-refractivity contribution in [3.63, 3.8) is 0 Å². The second kappa shape index (κ2) is 16.7. The van der Waals surface area contributed by atoms with Crippen molar-refractivity contribution in [2.24, 2.45) is 11.8 Å². The van der Waals surface area contributed by atoms with E-state index in [0.29, 0.717) is 54.2 Å². The summed E-state index contributed by atoms with van der Waals surface area (Å²) in [7, 11) is 10.1. The number of nitrogens with zero attached hydrogens (tertiary/aromatic N) is 1. The topological polar surface area (TPSA) is 95.9 Å². The first kappa shape index (κ1) is 35.3. The van der Waals surface area contributed by atoms with Gasteiger partial charge < -0.3 is 38.4 Å². The Balaban J connectivity index is 0.00000616. The maximum atomic E-state index is 12.1. The highest BCUT2D eigenvalue weighted by atomic mass is 35.5. The normalized spacial score (nSPS) is 16.8. The molecular weight excluding hydrogens is 562 g/mol. The van der Waals surface area contributed by atoms with Gasteiger partial charge in [0, 0.05) is 18.7 Å². The van der Waals surface area contributed by atoms with Gasteiger partial charge in [0.15, 0.2) is 29.1 Å². The molecule has 0 amide bonds. The van der Waals surface area contributed by atoms with Gasteiger partial charge in [-0.05, 0) is 79.8 Å². The van der Waals surface area contributed by atoms with Crippen molar-refractivity contribution in [1.82, 2.24) is 4.90 Å². The number of aliphatic carboxylic acids is 1. The second-order valence-electron chi connectivity index (χ2n) is 11.0. The number of hydrogen-bond acceptors (Lipinski definition) is 8. The number of benzene rings is 2. The number of rotatable bonds is 16. The zero-order chi connectivity index (χ0) is 30.1. The van der Waals surface area contributed by atoms with E-state index in [2.05, 4.69) is 24.8 Å². The Hall–Kier alpha value is -2.88. The van der Waals surface area contributed by atoms with E-state index in [4.69, 9.17) is 28.4 Å². The molecule has 1 unspecified atom stereocenters. The predicted molar refractivity (Wildman–Crippen MR) is 165 cm³/mol. The summed E-state index contributed by atoms with van der Waals surface area (Å²) in [6, 6.07) is 7.95. The van der Waals surface area contributed by atoms with Crippen molar-refractivity contribution < 1.29 is 38.3 Å². The third-order valence-corrected chi connectivity index (χ3v) is 8.11. The SMILES string of the molecule is COc1ccc(CCN(C)CCC(OC[C@@H]2CCc3c(cc(OC)c(OC)c3OC)[C@@H]2C(C)C)C(=O)O)cc1OC.Cl. The number of hydrogen-bond donors (Lipinski definition) is 1. The molecule has 9 nitrogen and oxygen atoms in total. The quantitative estimate of drug-likeness (QED) is 0.265. The number of likely N-dealkylation sites (N-methyl/N-ethyl adjacent to an activating group) is 1. The third-order valence-electron chi connectivity index (χ3n) is 8.11. The molecule has 42 heavy (non-hydrogen) atoms. The van der Waals surface area contributed by atoms with E-state index in [1.165, 1.54) is 0 Å². The van der Waals surface area contributed by atoms with E-state index in [9.17, 15) is 9.90 Å². The standard InChI is InChI=1S/C32H47NO8.ClH/c1-20(2)29-22(10-11-23-24(29)18-28(38-6)31(40-8)30(23)39-7)19-41-26(32(34)35)14-16-33(3)15-13-21-9-12-25(36-4)27(17-21)37-5;/h9,12,17-18,20,22,26,29H,10-11,13-16,19H2,1-8H3,(H,34,35);1H/t22-,26?,29+;/m0./s1. The van der Waals surface area contributed by atoms with Crippen molar-refractivity contribution >= 4 is 18.4 Å². The predicted octanol–water partition coefficient (Wildman–Crippen LogP) is 5.49. The summed E-state index contributed by atoms with van der Waals surface area (Å²) in [6.45, 7) is 6.16. The molecule has 3 atom stereocenters. The van der Waals surface area contributed by atoms with Gasteiger partial charge in [-0.15, -0.1) is 12.4 Å². The first-order valence-electron chi connectivity index (χ1n) is 14.2. The molecular formula is C32H48ClNO8. The average molecular weight is 610 g/mol. The Morgan fingerprint density at radius 1 is 0.929 bits per heavy atom. The minimum Gasteiger partial charge on any atom is -0.493 e. The van der Waals surface area contributed by atoms with Gasteiger partial charge in [-0.25, -0.2) is 4.79 Å². The van der Waals surface area contributed by atoms with Crippen molar-refractivity contribution in [3.05, 3.63) is 41.0 Å². The van der Waals surface area contributed by atoms with Gasteiger partial charge in [-0.3, -0.25) is 0 Å². The van der Waals surface area contributed by atoms with E-state index >= 15 is 0 Å². The fourth-order valence-corrected chi connectivity index (χ4v) is 5.97. The van der Waals surface area contributed by atoms with Gasteiger partial charge in [0.1, 0.15) is 0 Å². The smallest absolute Gasteiger partial charge is 0.332 e. The number of ether oxygens (including phenoxy) is 6. The Morgan fingerprint density at radius 2 is 1.60 bits per heavy atom. The molecule has 3 rings (SSSR count). The van der Waals surface area contributed by atoms with Gasteiger partial charge in [0.05, 0.1) is 42.2 Å². The number of carboxylic acids is 1. The van der Waals surface area contributed by atoms with Crippen LogP contribution in [0.2, 0.25) is 0 Å². The highest BCUT2D eigenvalue weighted by molar-refractivity contribution is 5.85. The number of fused-ring (bicyclic) bond motifs is 1. The summed E-state index contributed by atoms with van der Waals surface area (Å²) in [5.74, 6) is 3.09. The molecule has 0 aromatic heterocycles. The largest absolute Gasteiger partial charge is 0.493 e. The summed E-state index contributed by atoms with van der Waals surface area (Å²) >= 11 is 0. The molecule has 0 aliphatic heterocycles. The summed E-state index contributed by atoms with van der Waals surface area (Å²) in [6.07, 6.45) is 2.02. The van der Waals surface area contributed by atoms with Crippen molar-refractivity contribution in [3.8, 4) is 28.7 Å². The molecule has 0 spiro atoms. The monoisotopic (exact) mass is 609 g/mol. The maximum absolute atomic E-state index is 12.1. The average Bonchev–Trinajstić information content (AvgIpc) is 2.97. The molecule has 0 heterocycles. The van der Waals surface area contributed by atoms with E-state index in [1.807, 2.05) is 25.2 Å². The highest BCUT2D eigenvalue weighted by Gasteiger charge is 2.36. The van der Waals surface area contributed by atoms with Crippen LogP contribution in [-0.4, -0.2) is 84.4 Å². The molecule has 10 heteroatoms. The number of methoxy groups -OCH3 is 5. The van der Waals surface area contributed by atoms with Gasteiger partial charge in [-0.1, -0.05) is 19.9 Å². The van der Waals surface area contributed by atoms with Gasteiger partial charge in [0.2, 0.25) is 5.75 Å². The molecule has 0 saturated heterocycles. The zero-order valence-electron chi connectivity index (χ0n) is 26.2. The molecule has 0 fully saturated rings. The van der Waals surface area contributed by atoms with Gasteiger partial charge >= 0.3 is 5.97 Å². The summed E-state index contributed by atoms with van der Waals surface area (Å²) in [5, 5.41) is 9.94. The van der Waals surface area contributed by atoms with E-state index in [0.717, 1.165) is 42.5 Å². The zero-order valence-corrected chi connectivity index (χ0v) is 27.0. The van der Waals surface area contributed by atoms with Crippen LogP contribution in [-0.2, 0) is 22.4 Å². The Bertz CT molecular complexity index is 1160. The molecule has 2 aromatic carbocycles. The first-order chi connectivity index (χ1) is 19.7. The minimum atomic E-state index is -0.927. The Morgan fingerprint density at radius 3 is 2.17 bits per heavy atom. The molecule has 236 valence electrons. The van der Waals surface area contributed by atoms with Crippen LogP contribution < -0.4 is 23.7 Å². The molecule has 0 bridgehead atoms. The van der Waals surface area contributed by atoms with Crippen LogP contribution in [0.4, 0.5) is 0 Å². The second-order valence-corrected chi connectivity index (χ2v) is 11.0. The summed E-state index contributed by atoms with van der Waals surface area (Å²) in [4.78, 5) is 14.3. The van der Waals surface area contributed by atoms with Crippen LogP contribution in [0, 0.1) is 11.8 Å². The molecule has 2 aromatic rings. The first-order valence-corrected chi connectivity index (χ1v) is 14.2. The van der Waals surface area contributed by atoms with Crippen LogP contribution >= 0.6 is 12.4 Å². The highest BCUT2D eigenvalue weighted by Crippen LogP contribution is 2.50. The molecule has 1 aliphatic carbocycles. The molecule has 0 radical (unpaired) electrons. The molecule has 0 saturated carbocycles. The lowest BCUT2D eigenvalue weighted by Crippen LogP contribution is -2.35. The lowest BCUT2D eigenvalue weighted by Gasteiger charge is -2.38. The summed E-state index contributed by atoms with van der Waals surface area (Å²) in [5.41, 5.74) is 3.42. The van der Waals surface area contributed by atoms with Crippen LogP contribution in [0.1, 0.15) is 49.3 Å². The number of carboxylic acid groups (broad SMARTS) is 1. The van der Waals surface area contributed by atoms with Crippen LogP contribution in [0.3, 0.4) is 0 Å². The fraction of sp³-hybridized carbons (Fsp3) is 0.594. The van der Waals surface area contributed by atoms with Crippen LogP contribution in [0.5, 0.6) is 28.7 Å². The number of halogens is 1. The lowest BCUT2D eigenvalue weighted by atomic mass is 9.70. The van der Waals surface area contributed by atoms with Crippen LogP contribution in [0.15, 0.2) is 24.3 Å². The van der Waals surface area contributed by atoms with Crippen molar-refractivity contribution in [2.75, 3.05) is 62.3 Å². The minimum absolute atomic E-state index is 0. The van der Waals surface area contributed by atoms with Crippen LogP contribution in [0.25, 0.3) is 0 Å². The van der Waals surface area contributed by atoms with E-state index in [1.54, 1.807) is 35.5 Å². The molecule has 1 aliphatic rings. The van der Waals surface area contributed by atoms with Crippen molar-refractivity contribution in [1.29, 1.82) is 0 Å². The Kier molecular flexibility index (Phi) is 14.0. The van der Waals surface area contributed by atoms with Gasteiger partial charge in [-0.2, -0.15) is 0 Å². The number of carbonyl (C=O) groups is 1. The van der Waals surface area contributed by atoms with E-state index in [-0.39, 0.29) is 24.2 Å². The third kappa shape index (κ3) is 8.36. The fourth-order valence-electron chi connectivity index (χ4n) is 5.97. The summed E-state index contributed by atoms with van der Waals surface area (Å²) < 4.78 is 33.8. The maximum Gasteiger partial charge on any atom is 0.332 e. The van der Waals surface area contributed by atoms with E-state index < -0.39 is 12.1 Å². The molecule has 1 N–H and O–H groups in total. The lowest BCUT2D eigenvalue weighted by molar-refractivity contribution is -0.152. The van der Waals surface area contributed by atoms with Crippen molar-refractivity contribution in [2.45, 2.75) is 51.6 Å². The van der Waals surface area contributed by atoms with Gasteiger partial charge in [0.25, 0.3) is 0 Å².